The quantitative estimate of drug-likeness (QED) is 0.0264. The van der Waals surface area contributed by atoms with Crippen LogP contribution in [0.15, 0.2) is 121 Å². The van der Waals surface area contributed by atoms with E-state index in [2.05, 4.69) is 6.07 Å². The van der Waals surface area contributed by atoms with E-state index in [0.717, 1.165) is 78.7 Å². The molecule has 0 aliphatic carbocycles. The Morgan fingerprint density at radius 2 is 0.821 bits per heavy atom. The molecule has 290 valence electrons. The van der Waals surface area contributed by atoms with Crippen LogP contribution in [0.25, 0.3) is 22.3 Å². The van der Waals surface area contributed by atoms with E-state index in [4.69, 9.17) is 24.2 Å². The number of nitrogens with zero attached hydrogens (tertiary/aromatic N) is 2. The molecule has 5 aromatic rings. The van der Waals surface area contributed by atoms with Crippen molar-refractivity contribution in [1.82, 2.24) is 0 Å². The van der Waals surface area contributed by atoms with Gasteiger partial charge in [0, 0.05) is 12.1 Å². The number of esters is 1. The number of ether oxygens (including phenoxy) is 4. The number of nitriles is 1. The van der Waals surface area contributed by atoms with Gasteiger partial charge in [0.2, 0.25) is 0 Å². The summed E-state index contributed by atoms with van der Waals surface area (Å²) < 4.78 is 23.0. The summed E-state index contributed by atoms with van der Waals surface area (Å²) in [5.74, 6) is 2.02. The number of hydrogen-bond acceptors (Lipinski definition) is 8. The first-order valence-electron chi connectivity index (χ1n) is 19.6. The molecular weight excluding hydrogens is 705 g/mol. The molecule has 0 radical (unpaired) electrons. The number of benzene rings is 5. The number of unbranched alkanes of at least 4 members (excludes halogenated alkanes) is 9. The number of nitro benzene ring substituents is 1. The Labute approximate surface area is 330 Å². The van der Waals surface area contributed by atoms with Crippen molar-refractivity contribution in [2.75, 3.05) is 26.4 Å². The van der Waals surface area contributed by atoms with Gasteiger partial charge in [-0.2, -0.15) is 5.26 Å². The molecule has 0 heterocycles. The first kappa shape index (κ1) is 41.0. The summed E-state index contributed by atoms with van der Waals surface area (Å²) in [5.41, 5.74) is 5.46. The molecule has 0 N–H and O–H groups in total. The third kappa shape index (κ3) is 13.9. The van der Waals surface area contributed by atoms with Crippen LogP contribution in [0.4, 0.5) is 5.69 Å². The lowest BCUT2D eigenvalue weighted by Gasteiger charge is -2.09. The van der Waals surface area contributed by atoms with Crippen LogP contribution >= 0.6 is 0 Å². The van der Waals surface area contributed by atoms with Gasteiger partial charge in [-0.1, -0.05) is 87.1 Å². The van der Waals surface area contributed by atoms with Gasteiger partial charge in [0.25, 0.3) is 5.69 Å². The molecule has 0 aliphatic rings. The van der Waals surface area contributed by atoms with Crippen molar-refractivity contribution in [1.29, 1.82) is 5.26 Å². The van der Waals surface area contributed by atoms with E-state index in [0.29, 0.717) is 43.3 Å². The van der Waals surface area contributed by atoms with Crippen molar-refractivity contribution in [2.24, 2.45) is 0 Å². The second-order valence-electron chi connectivity index (χ2n) is 13.6. The van der Waals surface area contributed by atoms with Gasteiger partial charge >= 0.3 is 5.97 Å². The molecule has 9 heteroatoms. The Bertz CT molecular complexity index is 1950. The Hall–Kier alpha value is -6.14. The predicted molar refractivity (Wildman–Crippen MR) is 219 cm³/mol. The standard InChI is InChI=1S/C47H50N2O7/c48-36-37-12-14-38(15-13-37)40-20-26-45(27-21-40)54-34-10-7-11-35-56-47(50)42-18-16-39(17-19-42)41-22-28-44(29-23-41)53-32-8-5-3-1-2-4-6-9-33-55-46-30-24-43(25-31-46)49(51)52/h12-31H,1-11,32-35H2. The molecule has 9 nitrogen and oxygen atoms in total. The molecule has 5 aromatic carbocycles. The number of nitro groups is 1. The molecule has 0 unspecified atom stereocenters. The van der Waals surface area contributed by atoms with Gasteiger partial charge in [0.05, 0.1) is 48.5 Å². The second kappa shape index (κ2) is 22.9. The fourth-order valence-electron chi connectivity index (χ4n) is 6.15. The van der Waals surface area contributed by atoms with Crippen molar-refractivity contribution < 1.29 is 28.7 Å². The van der Waals surface area contributed by atoms with E-state index in [9.17, 15) is 14.9 Å². The zero-order chi connectivity index (χ0) is 39.2. The van der Waals surface area contributed by atoms with E-state index >= 15 is 0 Å². The van der Waals surface area contributed by atoms with Crippen LogP contribution in [0.1, 0.15) is 86.6 Å². The van der Waals surface area contributed by atoms with Crippen molar-refractivity contribution in [2.45, 2.75) is 70.6 Å². The number of rotatable bonds is 24. The Morgan fingerprint density at radius 3 is 1.23 bits per heavy atom. The number of non-ortho nitro benzene ring substituents is 1. The minimum atomic E-state index is -0.409. The summed E-state index contributed by atoms with van der Waals surface area (Å²) >= 11 is 0. The molecule has 0 saturated carbocycles. The Kier molecular flexibility index (Phi) is 16.8. The average molecular weight is 755 g/mol. The molecule has 0 spiro atoms. The van der Waals surface area contributed by atoms with Gasteiger partial charge in [0.15, 0.2) is 0 Å². The lowest BCUT2D eigenvalue weighted by atomic mass is 10.0. The van der Waals surface area contributed by atoms with Gasteiger partial charge in [-0.3, -0.25) is 10.1 Å². The summed E-state index contributed by atoms with van der Waals surface area (Å²) in [6.07, 6.45) is 11.6. The maximum absolute atomic E-state index is 12.6. The average Bonchev–Trinajstić information content (AvgIpc) is 3.24. The van der Waals surface area contributed by atoms with Crippen molar-refractivity contribution in [3.05, 3.63) is 143 Å². The largest absolute Gasteiger partial charge is 0.494 e. The SMILES string of the molecule is N#Cc1ccc(-c2ccc(OCCCCCOC(=O)c3ccc(-c4ccc(OCCCCCCCCCCOc5ccc([N+](=O)[O-])cc5)cc4)cc3)cc2)cc1. The molecular formula is C47H50N2O7. The summed E-state index contributed by atoms with van der Waals surface area (Å²) in [6.45, 7) is 2.28. The molecule has 0 aromatic heterocycles. The minimum absolute atomic E-state index is 0.0735. The Morgan fingerprint density at radius 1 is 0.482 bits per heavy atom. The highest BCUT2D eigenvalue weighted by Crippen LogP contribution is 2.25. The van der Waals surface area contributed by atoms with Crippen LogP contribution in [-0.2, 0) is 4.74 Å². The van der Waals surface area contributed by atoms with Gasteiger partial charge < -0.3 is 18.9 Å². The summed E-state index contributed by atoms with van der Waals surface area (Å²) in [6, 6.07) is 39.4. The zero-order valence-corrected chi connectivity index (χ0v) is 31.9. The van der Waals surface area contributed by atoms with Crippen molar-refractivity contribution in [3.63, 3.8) is 0 Å². The molecule has 0 saturated heterocycles. The second-order valence-corrected chi connectivity index (χ2v) is 13.6. The third-order valence-electron chi connectivity index (χ3n) is 9.42. The monoisotopic (exact) mass is 754 g/mol. The minimum Gasteiger partial charge on any atom is -0.494 e. The van der Waals surface area contributed by atoms with Gasteiger partial charge in [0.1, 0.15) is 17.2 Å². The maximum atomic E-state index is 12.6. The van der Waals surface area contributed by atoms with Crippen molar-refractivity contribution in [3.8, 4) is 45.6 Å². The molecule has 5 rings (SSSR count). The van der Waals surface area contributed by atoms with Crippen molar-refractivity contribution >= 4 is 11.7 Å². The van der Waals surface area contributed by atoms with E-state index in [-0.39, 0.29) is 11.7 Å². The number of carbonyl (C=O) groups excluding carboxylic acids is 1. The van der Waals surface area contributed by atoms with E-state index < -0.39 is 4.92 Å². The van der Waals surface area contributed by atoms with Crippen LogP contribution < -0.4 is 14.2 Å². The lowest BCUT2D eigenvalue weighted by molar-refractivity contribution is -0.384. The topological polar surface area (TPSA) is 121 Å². The summed E-state index contributed by atoms with van der Waals surface area (Å²) in [4.78, 5) is 22.9. The zero-order valence-electron chi connectivity index (χ0n) is 31.9. The fraction of sp³-hybridized carbons (Fsp3) is 0.319. The van der Waals surface area contributed by atoms with Crippen LogP contribution in [0.2, 0.25) is 0 Å². The molecule has 0 atom stereocenters. The normalized spacial score (nSPS) is 10.7. The number of hydrogen-bond donors (Lipinski definition) is 0. The smallest absolute Gasteiger partial charge is 0.338 e. The first-order chi connectivity index (χ1) is 27.5. The number of carbonyl (C=O) groups is 1. The van der Waals surface area contributed by atoms with Crippen LogP contribution in [0.3, 0.4) is 0 Å². The van der Waals surface area contributed by atoms with Crippen LogP contribution in [0.5, 0.6) is 17.2 Å². The molecule has 0 amide bonds. The fourth-order valence-corrected chi connectivity index (χ4v) is 6.15. The Balaban J connectivity index is 0.858. The summed E-state index contributed by atoms with van der Waals surface area (Å²) in [5, 5.41) is 19.7. The predicted octanol–water partition coefficient (Wildman–Crippen LogP) is 11.8. The molecule has 0 fully saturated rings. The van der Waals surface area contributed by atoms with E-state index in [1.807, 2.05) is 97.1 Å². The van der Waals surface area contributed by atoms with Gasteiger partial charge in [-0.15, -0.1) is 0 Å². The van der Waals surface area contributed by atoms with Gasteiger partial charge in [-0.25, -0.2) is 4.79 Å². The third-order valence-corrected chi connectivity index (χ3v) is 9.42. The highest BCUT2D eigenvalue weighted by atomic mass is 16.6. The van der Waals surface area contributed by atoms with Crippen LogP contribution in [-0.4, -0.2) is 37.3 Å². The van der Waals surface area contributed by atoms with E-state index in [1.54, 1.807) is 12.1 Å². The highest BCUT2D eigenvalue weighted by molar-refractivity contribution is 5.90. The highest BCUT2D eigenvalue weighted by Gasteiger charge is 2.09. The lowest BCUT2D eigenvalue weighted by Crippen LogP contribution is -2.07. The van der Waals surface area contributed by atoms with Gasteiger partial charge in [-0.05, 0) is 115 Å². The van der Waals surface area contributed by atoms with E-state index in [1.165, 1.54) is 37.8 Å². The summed E-state index contributed by atoms with van der Waals surface area (Å²) in [7, 11) is 0. The maximum Gasteiger partial charge on any atom is 0.338 e. The first-order valence-corrected chi connectivity index (χ1v) is 19.6. The molecule has 0 aliphatic heterocycles. The van der Waals surface area contributed by atoms with Crippen LogP contribution in [0, 0.1) is 21.4 Å². The molecule has 0 bridgehead atoms. The molecule has 56 heavy (non-hydrogen) atoms.